The Labute approximate surface area is 146 Å². The molecule has 0 saturated carbocycles. The fourth-order valence-corrected chi connectivity index (χ4v) is 3.12. The molecule has 0 saturated heterocycles. The van der Waals surface area contributed by atoms with Gasteiger partial charge in [0.05, 0.1) is 19.1 Å². The first kappa shape index (κ1) is 17.2. The third kappa shape index (κ3) is 4.45. The Kier molecular flexibility index (Phi) is 5.46. The molecule has 0 spiro atoms. The fraction of sp³-hybridized carbons (Fsp3) is 0.300. The Hall–Kier alpha value is -2.66. The van der Waals surface area contributed by atoms with Crippen LogP contribution in [0.5, 0.6) is 0 Å². The van der Waals surface area contributed by atoms with Crippen LogP contribution in [0.2, 0.25) is 0 Å². The van der Waals surface area contributed by atoms with Crippen molar-refractivity contribution in [3.05, 3.63) is 71.3 Å². The lowest BCUT2D eigenvalue weighted by molar-refractivity contribution is -0.142. The maximum absolute atomic E-state index is 12.4. The lowest BCUT2D eigenvalue weighted by Crippen LogP contribution is -2.43. The van der Waals surface area contributed by atoms with Crippen LogP contribution in [0.25, 0.3) is 0 Å². The van der Waals surface area contributed by atoms with E-state index in [9.17, 15) is 14.7 Å². The van der Waals surface area contributed by atoms with E-state index in [1.165, 1.54) is 5.56 Å². The number of carboxylic acid groups (broad SMARTS) is 1. The molecule has 3 rings (SSSR count). The van der Waals surface area contributed by atoms with Crippen LogP contribution in [0.1, 0.15) is 29.2 Å². The molecule has 130 valence electrons. The molecule has 2 N–H and O–H groups in total. The predicted molar refractivity (Wildman–Crippen MR) is 93.2 cm³/mol. The average Bonchev–Trinajstić information content (AvgIpc) is 2.62. The van der Waals surface area contributed by atoms with Crippen molar-refractivity contribution >= 4 is 11.9 Å². The van der Waals surface area contributed by atoms with Gasteiger partial charge in [-0.05, 0) is 23.1 Å². The number of carbonyl (C=O) groups is 2. The summed E-state index contributed by atoms with van der Waals surface area (Å²) in [7, 11) is 0. The van der Waals surface area contributed by atoms with Gasteiger partial charge in [-0.25, -0.2) is 4.79 Å². The Bertz CT molecular complexity index is 744. The summed E-state index contributed by atoms with van der Waals surface area (Å²) >= 11 is 0. The predicted octanol–water partition coefficient (Wildman–Crippen LogP) is 2.50. The Morgan fingerprint density at radius 3 is 2.60 bits per heavy atom. The highest BCUT2D eigenvalue weighted by Crippen LogP contribution is 2.29. The smallest absolute Gasteiger partial charge is 0.326 e. The van der Waals surface area contributed by atoms with Gasteiger partial charge in [-0.3, -0.25) is 4.79 Å². The summed E-state index contributed by atoms with van der Waals surface area (Å²) in [5.41, 5.74) is 3.07. The molecule has 0 fully saturated rings. The van der Waals surface area contributed by atoms with E-state index in [0.29, 0.717) is 6.61 Å². The highest BCUT2D eigenvalue weighted by molar-refractivity contribution is 5.84. The number of amides is 1. The summed E-state index contributed by atoms with van der Waals surface area (Å²) in [5, 5.41) is 12.0. The summed E-state index contributed by atoms with van der Waals surface area (Å²) in [6.07, 6.45) is 0.885. The van der Waals surface area contributed by atoms with E-state index < -0.39 is 12.0 Å². The molecule has 1 amide bonds. The van der Waals surface area contributed by atoms with E-state index in [1.807, 2.05) is 54.6 Å². The first-order chi connectivity index (χ1) is 12.1. The van der Waals surface area contributed by atoms with Crippen LogP contribution in [-0.4, -0.2) is 29.6 Å². The van der Waals surface area contributed by atoms with Crippen molar-refractivity contribution in [2.45, 2.75) is 31.4 Å². The lowest BCUT2D eigenvalue weighted by atomic mass is 9.95. The second kappa shape index (κ2) is 7.94. The first-order valence-electron chi connectivity index (χ1n) is 8.39. The minimum atomic E-state index is -1.04. The van der Waals surface area contributed by atoms with E-state index in [-0.39, 0.29) is 24.9 Å². The molecule has 1 unspecified atom stereocenters. The van der Waals surface area contributed by atoms with Crippen molar-refractivity contribution in [1.29, 1.82) is 0 Å². The van der Waals surface area contributed by atoms with Gasteiger partial charge in [0.1, 0.15) is 6.04 Å². The number of hydrogen-bond acceptors (Lipinski definition) is 3. The number of ether oxygens (including phenoxy) is 1. The molecule has 2 aromatic rings. The maximum Gasteiger partial charge on any atom is 0.326 e. The number of carbonyl (C=O) groups excluding carboxylic acids is 1. The van der Waals surface area contributed by atoms with Crippen LogP contribution in [-0.2, 0) is 27.2 Å². The van der Waals surface area contributed by atoms with Crippen molar-refractivity contribution in [3.63, 3.8) is 0 Å². The first-order valence-corrected chi connectivity index (χ1v) is 8.39. The molecule has 2 atom stereocenters. The van der Waals surface area contributed by atoms with Gasteiger partial charge in [-0.1, -0.05) is 54.6 Å². The quantitative estimate of drug-likeness (QED) is 0.848. The number of rotatable bonds is 6. The van der Waals surface area contributed by atoms with Crippen LogP contribution in [0.3, 0.4) is 0 Å². The number of hydrogen-bond donors (Lipinski definition) is 2. The zero-order chi connectivity index (χ0) is 17.6. The number of nitrogens with one attached hydrogen (secondary N) is 1. The summed E-state index contributed by atoms with van der Waals surface area (Å²) in [6.45, 7) is 0.571. The van der Waals surface area contributed by atoms with Gasteiger partial charge in [0, 0.05) is 6.42 Å². The Morgan fingerprint density at radius 1 is 1.12 bits per heavy atom. The Balaban J connectivity index is 1.64. The molecule has 1 aliphatic heterocycles. The van der Waals surface area contributed by atoms with Gasteiger partial charge >= 0.3 is 5.97 Å². The van der Waals surface area contributed by atoms with Crippen molar-refractivity contribution in [1.82, 2.24) is 5.32 Å². The molecule has 0 aliphatic carbocycles. The minimum Gasteiger partial charge on any atom is -0.480 e. The summed E-state index contributed by atoms with van der Waals surface area (Å²) < 4.78 is 5.73. The molecule has 5 nitrogen and oxygen atoms in total. The van der Waals surface area contributed by atoms with Crippen LogP contribution in [0.15, 0.2) is 54.6 Å². The van der Waals surface area contributed by atoms with Gasteiger partial charge in [0.2, 0.25) is 5.91 Å². The number of fused-ring (bicyclic) bond motifs is 1. The second-order valence-electron chi connectivity index (χ2n) is 6.16. The van der Waals surface area contributed by atoms with Crippen LogP contribution < -0.4 is 5.32 Å². The van der Waals surface area contributed by atoms with Crippen molar-refractivity contribution in [2.24, 2.45) is 0 Å². The molecule has 25 heavy (non-hydrogen) atoms. The Morgan fingerprint density at radius 2 is 1.84 bits per heavy atom. The average molecular weight is 339 g/mol. The lowest BCUT2D eigenvalue weighted by Gasteiger charge is -2.26. The standard InChI is InChI=1S/C20H21NO4/c22-19(13-18-16-9-5-4-8-15(16)10-11-25-18)21-17(20(23)24)12-14-6-2-1-3-7-14/h1-9,17-18H,10-13H2,(H,21,22)(H,23,24)/t17-,18?/m0/s1. The zero-order valence-corrected chi connectivity index (χ0v) is 13.9. The second-order valence-corrected chi connectivity index (χ2v) is 6.16. The maximum atomic E-state index is 12.4. The van der Waals surface area contributed by atoms with E-state index in [1.54, 1.807) is 0 Å². The monoisotopic (exact) mass is 339 g/mol. The van der Waals surface area contributed by atoms with Gasteiger partial charge in [0.25, 0.3) is 0 Å². The molecule has 1 heterocycles. The normalized spacial score (nSPS) is 17.4. The zero-order valence-electron chi connectivity index (χ0n) is 13.9. The number of benzene rings is 2. The third-order valence-electron chi connectivity index (χ3n) is 4.38. The molecular formula is C20H21NO4. The van der Waals surface area contributed by atoms with Crippen molar-refractivity contribution in [2.75, 3.05) is 6.61 Å². The molecule has 0 aromatic heterocycles. The summed E-state index contributed by atoms with van der Waals surface area (Å²) in [6, 6.07) is 16.2. The van der Waals surface area contributed by atoms with E-state index in [0.717, 1.165) is 17.5 Å². The van der Waals surface area contributed by atoms with E-state index >= 15 is 0 Å². The topological polar surface area (TPSA) is 75.6 Å². The SMILES string of the molecule is O=C(CC1OCCc2ccccc21)N[C@@H](Cc1ccccc1)C(=O)O. The van der Waals surface area contributed by atoms with Gasteiger partial charge in [-0.2, -0.15) is 0 Å². The van der Waals surface area contributed by atoms with Crippen molar-refractivity contribution < 1.29 is 19.4 Å². The molecule has 0 radical (unpaired) electrons. The van der Waals surface area contributed by atoms with E-state index in [2.05, 4.69) is 5.32 Å². The van der Waals surface area contributed by atoms with E-state index in [4.69, 9.17) is 4.74 Å². The van der Waals surface area contributed by atoms with Gasteiger partial charge in [0.15, 0.2) is 0 Å². The molecule has 0 bridgehead atoms. The van der Waals surface area contributed by atoms with Crippen LogP contribution >= 0.6 is 0 Å². The van der Waals surface area contributed by atoms with Gasteiger partial charge in [-0.15, -0.1) is 0 Å². The highest BCUT2D eigenvalue weighted by Gasteiger charge is 2.26. The minimum absolute atomic E-state index is 0.121. The molecule has 5 heteroatoms. The van der Waals surface area contributed by atoms with Crippen LogP contribution in [0.4, 0.5) is 0 Å². The van der Waals surface area contributed by atoms with Gasteiger partial charge < -0.3 is 15.2 Å². The fourth-order valence-electron chi connectivity index (χ4n) is 3.12. The number of carboxylic acids is 1. The van der Waals surface area contributed by atoms with Crippen molar-refractivity contribution in [3.8, 4) is 0 Å². The molecule has 2 aromatic carbocycles. The highest BCUT2D eigenvalue weighted by atomic mass is 16.5. The largest absolute Gasteiger partial charge is 0.480 e. The summed E-state index contributed by atoms with van der Waals surface area (Å²) in [5.74, 6) is -1.35. The summed E-state index contributed by atoms with van der Waals surface area (Å²) in [4.78, 5) is 23.9. The number of aliphatic carboxylic acids is 1. The molecular weight excluding hydrogens is 318 g/mol. The van der Waals surface area contributed by atoms with Crippen LogP contribution in [0, 0.1) is 0 Å². The third-order valence-corrected chi connectivity index (χ3v) is 4.38. The molecule has 1 aliphatic rings.